The Bertz CT molecular complexity index is 893. The Morgan fingerprint density at radius 1 is 1.18 bits per heavy atom. The number of aliphatic imine (C=N–C) groups is 1. The van der Waals surface area contributed by atoms with Gasteiger partial charge in [-0.2, -0.15) is 0 Å². The average Bonchev–Trinajstić information content (AvgIpc) is 2.87. The van der Waals surface area contributed by atoms with Crippen LogP contribution in [0.3, 0.4) is 0 Å². The predicted molar refractivity (Wildman–Crippen MR) is 85.4 cm³/mol. The van der Waals surface area contributed by atoms with E-state index in [9.17, 15) is 9.90 Å². The van der Waals surface area contributed by atoms with Gasteiger partial charge >= 0.3 is 5.69 Å². The van der Waals surface area contributed by atoms with Crippen LogP contribution in [0, 0.1) is 0 Å². The number of aromatic hydroxyl groups is 1. The van der Waals surface area contributed by atoms with E-state index in [2.05, 4.69) is 15.0 Å². The highest BCUT2D eigenvalue weighted by Crippen LogP contribution is 2.26. The summed E-state index contributed by atoms with van der Waals surface area (Å²) in [7, 11) is 0. The zero-order valence-corrected chi connectivity index (χ0v) is 12.0. The lowest BCUT2D eigenvalue weighted by Crippen LogP contribution is -1.99. The average molecular weight is 297 g/mol. The van der Waals surface area contributed by atoms with E-state index in [0.29, 0.717) is 23.6 Å². The van der Waals surface area contributed by atoms with Crippen molar-refractivity contribution in [2.45, 2.75) is 6.92 Å². The van der Waals surface area contributed by atoms with Crippen LogP contribution in [0.2, 0.25) is 0 Å². The summed E-state index contributed by atoms with van der Waals surface area (Å²) >= 11 is 0. The molecule has 0 unspecified atom stereocenters. The largest absolute Gasteiger partial charge is 0.504 e. The molecule has 0 radical (unpaired) electrons. The molecule has 6 heteroatoms. The summed E-state index contributed by atoms with van der Waals surface area (Å²) in [5.41, 5.74) is 2.74. The standard InChI is InChI=1S/C16H15N3O3/c1-2-22-15-7-10(3-6-14(15)20)9-17-11-4-5-12-13(8-11)19-16(21)18-12/h3-9,20H,2H2,1H3,(H2,18,19,21). The fraction of sp³-hybridized carbons (Fsp3) is 0.125. The number of benzene rings is 2. The van der Waals surface area contributed by atoms with Gasteiger partial charge in [0.05, 0.1) is 23.3 Å². The summed E-state index contributed by atoms with van der Waals surface area (Å²) in [4.78, 5) is 21.0. The maximum Gasteiger partial charge on any atom is 0.323 e. The highest BCUT2D eigenvalue weighted by Gasteiger charge is 2.02. The minimum absolute atomic E-state index is 0.102. The molecule has 0 spiro atoms. The molecule has 0 saturated heterocycles. The number of hydrogen-bond donors (Lipinski definition) is 3. The number of ether oxygens (including phenoxy) is 1. The third-order valence-electron chi connectivity index (χ3n) is 3.15. The van der Waals surface area contributed by atoms with Crippen LogP contribution >= 0.6 is 0 Å². The number of hydrogen-bond acceptors (Lipinski definition) is 4. The van der Waals surface area contributed by atoms with Crippen LogP contribution in [0.5, 0.6) is 11.5 Å². The van der Waals surface area contributed by atoms with E-state index < -0.39 is 0 Å². The normalized spacial score (nSPS) is 11.3. The lowest BCUT2D eigenvalue weighted by molar-refractivity contribution is 0.318. The Labute approximate surface area is 126 Å². The SMILES string of the molecule is CCOc1cc(C=Nc2ccc3[nH]c(=O)[nH]c3c2)ccc1O. The lowest BCUT2D eigenvalue weighted by Gasteiger charge is -2.05. The third-order valence-corrected chi connectivity index (χ3v) is 3.15. The monoisotopic (exact) mass is 297 g/mol. The molecule has 1 heterocycles. The van der Waals surface area contributed by atoms with Crippen molar-refractivity contribution in [2.24, 2.45) is 4.99 Å². The molecule has 6 nitrogen and oxygen atoms in total. The van der Waals surface area contributed by atoms with Gasteiger partial charge in [0, 0.05) is 6.21 Å². The van der Waals surface area contributed by atoms with Crippen molar-refractivity contribution in [3.63, 3.8) is 0 Å². The molecule has 0 fully saturated rings. The van der Waals surface area contributed by atoms with Gasteiger partial charge in [-0.15, -0.1) is 0 Å². The fourth-order valence-electron chi connectivity index (χ4n) is 2.13. The molecule has 22 heavy (non-hydrogen) atoms. The van der Waals surface area contributed by atoms with Crippen LogP contribution < -0.4 is 10.4 Å². The van der Waals surface area contributed by atoms with Gasteiger partial charge in [0.2, 0.25) is 0 Å². The molecule has 1 aromatic heterocycles. The molecule has 3 aromatic rings. The molecule has 0 amide bonds. The highest BCUT2D eigenvalue weighted by atomic mass is 16.5. The van der Waals surface area contributed by atoms with E-state index in [4.69, 9.17) is 4.74 Å². The number of imidazole rings is 1. The van der Waals surface area contributed by atoms with Gasteiger partial charge in [-0.3, -0.25) is 4.99 Å². The summed E-state index contributed by atoms with van der Waals surface area (Å²) < 4.78 is 5.33. The number of aromatic amines is 2. The zero-order valence-electron chi connectivity index (χ0n) is 12.0. The van der Waals surface area contributed by atoms with Crippen molar-refractivity contribution in [3.8, 4) is 11.5 Å². The van der Waals surface area contributed by atoms with Crippen molar-refractivity contribution in [1.29, 1.82) is 0 Å². The molecular formula is C16H15N3O3. The van der Waals surface area contributed by atoms with Crippen molar-refractivity contribution in [1.82, 2.24) is 9.97 Å². The third kappa shape index (κ3) is 2.85. The number of aromatic nitrogens is 2. The van der Waals surface area contributed by atoms with Crippen molar-refractivity contribution >= 4 is 22.9 Å². The summed E-state index contributed by atoms with van der Waals surface area (Å²) in [6.07, 6.45) is 1.67. The van der Waals surface area contributed by atoms with Gasteiger partial charge in [0.25, 0.3) is 0 Å². The number of nitrogens with one attached hydrogen (secondary N) is 2. The Kier molecular flexibility index (Phi) is 3.65. The number of rotatable bonds is 4. The first-order valence-corrected chi connectivity index (χ1v) is 6.87. The maximum atomic E-state index is 11.2. The first-order valence-electron chi connectivity index (χ1n) is 6.87. The van der Waals surface area contributed by atoms with Crippen LogP contribution in [0.1, 0.15) is 12.5 Å². The van der Waals surface area contributed by atoms with Gasteiger partial charge in [-0.1, -0.05) is 0 Å². The second-order valence-electron chi connectivity index (χ2n) is 4.73. The van der Waals surface area contributed by atoms with Crippen LogP contribution in [0.25, 0.3) is 11.0 Å². The second-order valence-corrected chi connectivity index (χ2v) is 4.73. The first kappa shape index (κ1) is 13.9. The van der Waals surface area contributed by atoms with E-state index in [1.807, 2.05) is 13.0 Å². The quantitative estimate of drug-likeness (QED) is 0.647. The molecule has 0 aliphatic heterocycles. The van der Waals surface area contributed by atoms with E-state index in [-0.39, 0.29) is 11.4 Å². The predicted octanol–water partition coefficient (Wildman–Crippen LogP) is 2.71. The minimum Gasteiger partial charge on any atom is -0.504 e. The topological polar surface area (TPSA) is 90.5 Å². The van der Waals surface area contributed by atoms with E-state index in [0.717, 1.165) is 11.1 Å². The van der Waals surface area contributed by atoms with Gasteiger partial charge in [-0.05, 0) is 48.9 Å². The molecule has 0 saturated carbocycles. The first-order chi connectivity index (χ1) is 10.7. The molecule has 112 valence electrons. The van der Waals surface area contributed by atoms with E-state index >= 15 is 0 Å². The Hall–Kier alpha value is -3.02. The van der Waals surface area contributed by atoms with Crippen LogP contribution in [-0.2, 0) is 0 Å². The Morgan fingerprint density at radius 2 is 2.00 bits per heavy atom. The van der Waals surface area contributed by atoms with Gasteiger partial charge in [0.15, 0.2) is 11.5 Å². The summed E-state index contributed by atoms with van der Waals surface area (Å²) in [5.74, 6) is 0.530. The van der Waals surface area contributed by atoms with Crippen LogP contribution in [0.15, 0.2) is 46.2 Å². The Balaban J connectivity index is 1.88. The molecular weight excluding hydrogens is 282 g/mol. The second kappa shape index (κ2) is 5.77. The summed E-state index contributed by atoms with van der Waals surface area (Å²) in [6.45, 7) is 2.33. The minimum atomic E-state index is -0.240. The molecule has 3 rings (SSSR count). The number of phenolic OH excluding ortho intramolecular Hbond substituents is 1. The maximum absolute atomic E-state index is 11.2. The summed E-state index contributed by atoms with van der Waals surface area (Å²) in [6, 6.07) is 10.4. The molecule has 0 bridgehead atoms. The smallest absolute Gasteiger partial charge is 0.323 e. The van der Waals surface area contributed by atoms with E-state index in [1.54, 1.807) is 36.5 Å². The van der Waals surface area contributed by atoms with Gasteiger partial charge < -0.3 is 19.8 Å². The number of fused-ring (bicyclic) bond motifs is 1. The van der Waals surface area contributed by atoms with Crippen LogP contribution in [-0.4, -0.2) is 27.9 Å². The van der Waals surface area contributed by atoms with Crippen molar-refractivity contribution in [2.75, 3.05) is 6.61 Å². The molecule has 0 aliphatic carbocycles. The number of phenols is 1. The van der Waals surface area contributed by atoms with Crippen molar-refractivity contribution in [3.05, 3.63) is 52.4 Å². The molecule has 0 aliphatic rings. The zero-order chi connectivity index (χ0) is 15.5. The van der Waals surface area contributed by atoms with Crippen molar-refractivity contribution < 1.29 is 9.84 Å². The fourth-order valence-corrected chi connectivity index (χ4v) is 2.13. The van der Waals surface area contributed by atoms with Crippen LogP contribution in [0.4, 0.5) is 5.69 Å². The molecule has 2 aromatic carbocycles. The lowest BCUT2D eigenvalue weighted by atomic mass is 10.2. The highest BCUT2D eigenvalue weighted by molar-refractivity contribution is 5.85. The van der Waals surface area contributed by atoms with Gasteiger partial charge in [-0.25, -0.2) is 4.79 Å². The Morgan fingerprint density at radius 3 is 2.82 bits per heavy atom. The molecule has 3 N–H and O–H groups in total. The summed E-state index contributed by atoms with van der Waals surface area (Å²) in [5, 5.41) is 9.67. The number of nitrogens with zero attached hydrogens (tertiary/aromatic N) is 1. The molecule has 0 atom stereocenters. The van der Waals surface area contributed by atoms with E-state index in [1.165, 1.54) is 0 Å². The number of H-pyrrole nitrogens is 2. The van der Waals surface area contributed by atoms with Gasteiger partial charge in [0.1, 0.15) is 0 Å².